The number of nitrogens with zero attached hydrogens (tertiary/aromatic N) is 1. The van der Waals surface area contributed by atoms with E-state index in [2.05, 4.69) is 4.98 Å². The topological polar surface area (TPSA) is 50.2 Å². The van der Waals surface area contributed by atoms with Crippen LogP contribution in [0, 0.1) is 0 Å². The van der Waals surface area contributed by atoms with Crippen molar-refractivity contribution in [3.63, 3.8) is 0 Å². The van der Waals surface area contributed by atoms with E-state index in [-0.39, 0.29) is 12.3 Å². The molecular formula is C13H13NO2S. The standard InChI is InChI=1S/C13H13NO2S/c15-13(16)8-11(7-12-4-2-6-17-12)10-3-1-5-14-9-10/h1-6,9,11H,7-8H2,(H,15,16). The first kappa shape index (κ1) is 11.8. The van der Waals surface area contributed by atoms with Gasteiger partial charge in [0.25, 0.3) is 0 Å². The molecule has 3 nitrogen and oxygen atoms in total. The number of hydrogen-bond donors (Lipinski definition) is 1. The third kappa shape index (κ3) is 3.39. The monoisotopic (exact) mass is 247 g/mol. The normalized spacial score (nSPS) is 12.2. The van der Waals surface area contributed by atoms with Crippen LogP contribution in [0.15, 0.2) is 42.0 Å². The molecule has 0 bridgehead atoms. The molecule has 4 heteroatoms. The number of rotatable bonds is 5. The fourth-order valence-corrected chi connectivity index (χ4v) is 2.59. The van der Waals surface area contributed by atoms with E-state index in [0.29, 0.717) is 0 Å². The number of pyridine rings is 1. The Morgan fingerprint density at radius 2 is 2.29 bits per heavy atom. The number of aliphatic carboxylic acids is 1. The van der Waals surface area contributed by atoms with Crippen LogP contribution in [0.2, 0.25) is 0 Å². The van der Waals surface area contributed by atoms with E-state index in [9.17, 15) is 4.79 Å². The summed E-state index contributed by atoms with van der Waals surface area (Å²) in [4.78, 5) is 16.2. The Morgan fingerprint density at radius 1 is 1.41 bits per heavy atom. The van der Waals surface area contributed by atoms with Crippen molar-refractivity contribution in [2.24, 2.45) is 0 Å². The predicted octanol–water partition coefficient (Wildman–Crippen LogP) is 2.94. The van der Waals surface area contributed by atoms with Gasteiger partial charge in [-0.1, -0.05) is 12.1 Å². The van der Waals surface area contributed by atoms with E-state index in [1.54, 1.807) is 23.7 Å². The zero-order valence-electron chi connectivity index (χ0n) is 9.24. The third-order valence-electron chi connectivity index (χ3n) is 2.60. The van der Waals surface area contributed by atoms with Crippen molar-refractivity contribution in [1.82, 2.24) is 4.98 Å². The third-order valence-corrected chi connectivity index (χ3v) is 3.50. The van der Waals surface area contributed by atoms with Crippen LogP contribution in [0.25, 0.3) is 0 Å². The molecular weight excluding hydrogens is 234 g/mol. The Balaban J connectivity index is 2.16. The first-order valence-electron chi connectivity index (χ1n) is 5.40. The Hall–Kier alpha value is -1.68. The van der Waals surface area contributed by atoms with Crippen LogP contribution in [0.1, 0.15) is 22.8 Å². The predicted molar refractivity (Wildman–Crippen MR) is 67.3 cm³/mol. The van der Waals surface area contributed by atoms with Gasteiger partial charge in [-0.05, 0) is 29.5 Å². The molecule has 0 saturated heterocycles. The van der Waals surface area contributed by atoms with Gasteiger partial charge < -0.3 is 5.11 Å². The number of carboxylic acids is 1. The summed E-state index contributed by atoms with van der Waals surface area (Å²) >= 11 is 1.66. The first-order valence-corrected chi connectivity index (χ1v) is 6.28. The van der Waals surface area contributed by atoms with E-state index < -0.39 is 5.97 Å². The highest BCUT2D eigenvalue weighted by atomic mass is 32.1. The Labute approximate surface area is 104 Å². The van der Waals surface area contributed by atoms with Crippen LogP contribution in [0.3, 0.4) is 0 Å². The van der Waals surface area contributed by atoms with Crippen molar-refractivity contribution in [1.29, 1.82) is 0 Å². The lowest BCUT2D eigenvalue weighted by molar-refractivity contribution is -0.137. The van der Waals surface area contributed by atoms with Crippen molar-refractivity contribution >= 4 is 17.3 Å². The van der Waals surface area contributed by atoms with Gasteiger partial charge in [0.2, 0.25) is 0 Å². The molecule has 2 rings (SSSR count). The maximum Gasteiger partial charge on any atom is 0.303 e. The summed E-state index contributed by atoms with van der Waals surface area (Å²) in [5.74, 6) is -0.768. The molecule has 2 heterocycles. The SMILES string of the molecule is O=C(O)CC(Cc1cccs1)c1cccnc1. The van der Waals surface area contributed by atoms with Crippen LogP contribution < -0.4 is 0 Å². The highest BCUT2D eigenvalue weighted by Gasteiger charge is 2.16. The van der Waals surface area contributed by atoms with Crippen molar-refractivity contribution in [3.05, 3.63) is 52.5 Å². The minimum Gasteiger partial charge on any atom is -0.481 e. The molecule has 2 aromatic rings. The molecule has 0 radical (unpaired) electrons. The molecule has 17 heavy (non-hydrogen) atoms. The van der Waals surface area contributed by atoms with Crippen LogP contribution in [0.4, 0.5) is 0 Å². The van der Waals surface area contributed by atoms with Gasteiger partial charge in [0.15, 0.2) is 0 Å². The molecule has 0 aliphatic rings. The molecule has 0 aromatic carbocycles. The first-order chi connectivity index (χ1) is 8.25. The lowest BCUT2D eigenvalue weighted by Gasteiger charge is -2.13. The second-order valence-corrected chi connectivity index (χ2v) is 4.90. The van der Waals surface area contributed by atoms with Gasteiger partial charge >= 0.3 is 5.97 Å². The van der Waals surface area contributed by atoms with Crippen LogP contribution in [-0.4, -0.2) is 16.1 Å². The van der Waals surface area contributed by atoms with E-state index in [0.717, 1.165) is 12.0 Å². The Kier molecular flexibility index (Phi) is 3.88. The lowest BCUT2D eigenvalue weighted by atomic mass is 9.93. The summed E-state index contributed by atoms with van der Waals surface area (Å²) in [6, 6.07) is 7.81. The zero-order valence-corrected chi connectivity index (χ0v) is 10.1. The number of aromatic nitrogens is 1. The molecule has 0 saturated carbocycles. The molecule has 0 aliphatic heterocycles. The zero-order chi connectivity index (χ0) is 12.1. The van der Waals surface area contributed by atoms with Crippen molar-refractivity contribution in [2.45, 2.75) is 18.8 Å². The summed E-state index contributed by atoms with van der Waals surface area (Å²) in [7, 11) is 0. The fourth-order valence-electron chi connectivity index (χ4n) is 1.81. The largest absolute Gasteiger partial charge is 0.481 e. The van der Waals surface area contributed by atoms with E-state index in [1.165, 1.54) is 4.88 Å². The minimum atomic E-state index is -0.768. The molecule has 0 amide bonds. The van der Waals surface area contributed by atoms with Gasteiger partial charge in [0, 0.05) is 23.2 Å². The highest BCUT2D eigenvalue weighted by Crippen LogP contribution is 2.25. The molecule has 0 spiro atoms. The fraction of sp³-hybridized carbons (Fsp3) is 0.231. The van der Waals surface area contributed by atoms with Gasteiger partial charge in [-0.2, -0.15) is 0 Å². The number of carboxylic acid groups (broad SMARTS) is 1. The van der Waals surface area contributed by atoms with Gasteiger partial charge in [-0.25, -0.2) is 0 Å². The quantitative estimate of drug-likeness (QED) is 0.883. The molecule has 1 N–H and O–H groups in total. The summed E-state index contributed by atoms with van der Waals surface area (Å²) in [6.07, 6.45) is 4.35. The number of hydrogen-bond acceptors (Lipinski definition) is 3. The van der Waals surface area contributed by atoms with Crippen molar-refractivity contribution in [3.8, 4) is 0 Å². The summed E-state index contributed by atoms with van der Waals surface area (Å²) in [6.45, 7) is 0. The Bertz CT molecular complexity index is 467. The van der Waals surface area contributed by atoms with Crippen molar-refractivity contribution < 1.29 is 9.90 Å². The average Bonchev–Trinajstić information content (AvgIpc) is 2.82. The van der Waals surface area contributed by atoms with Gasteiger partial charge in [0.1, 0.15) is 0 Å². The van der Waals surface area contributed by atoms with E-state index >= 15 is 0 Å². The summed E-state index contributed by atoms with van der Waals surface area (Å²) < 4.78 is 0. The minimum absolute atomic E-state index is 0.000139. The highest BCUT2D eigenvalue weighted by molar-refractivity contribution is 7.09. The second-order valence-electron chi connectivity index (χ2n) is 3.86. The summed E-state index contributed by atoms with van der Waals surface area (Å²) in [5, 5.41) is 11.0. The number of thiophene rings is 1. The maximum absolute atomic E-state index is 10.9. The molecule has 1 unspecified atom stereocenters. The lowest BCUT2D eigenvalue weighted by Crippen LogP contribution is -2.08. The van der Waals surface area contributed by atoms with Crippen molar-refractivity contribution in [2.75, 3.05) is 0 Å². The van der Waals surface area contributed by atoms with E-state index in [1.807, 2.05) is 29.6 Å². The molecule has 0 fully saturated rings. The van der Waals surface area contributed by atoms with Crippen LogP contribution in [0.5, 0.6) is 0 Å². The second kappa shape index (κ2) is 5.59. The smallest absolute Gasteiger partial charge is 0.303 e. The Morgan fingerprint density at radius 3 is 2.88 bits per heavy atom. The van der Waals surface area contributed by atoms with Gasteiger partial charge in [-0.15, -0.1) is 11.3 Å². The summed E-state index contributed by atoms with van der Waals surface area (Å²) in [5.41, 5.74) is 0.989. The molecule has 88 valence electrons. The van der Waals surface area contributed by atoms with Crippen LogP contribution >= 0.6 is 11.3 Å². The number of carbonyl (C=O) groups is 1. The van der Waals surface area contributed by atoms with Gasteiger partial charge in [0.05, 0.1) is 6.42 Å². The van der Waals surface area contributed by atoms with Crippen LogP contribution in [-0.2, 0) is 11.2 Å². The van der Waals surface area contributed by atoms with E-state index in [4.69, 9.17) is 5.11 Å². The molecule has 2 aromatic heterocycles. The molecule has 1 atom stereocenters. The van der Waals surface area contributed by atoms with Gasteiger partial charge in [-0.3, -0.25) is 9.78 Å². The molecule has 0 aliphatic carbocycles. The maximum atomic E-state index is 10.9. The average molecular weight is 247 g/mol.